The summed E-state index contributed by atoms with van der Waals surface area (Å²) in [5.41, 5.74) is 3.07. The standard InChI is InChI=1S/C29H31BrN6O4/c1-28(2)22-13-19(7-8-20(22)25(38)35-28)32-27-31-14-21(26-36-29(16-40-26)9-11-39-12-10-29)24(34-27)33-23(15-37)17-3-5-18(30)6-4-17/h3-8,13-14,23,37H,9-12,15-16H2,1-2H3,(H,35,38)(H2,31,32,33,34)/t23-/m1/s1. The first-order valence-electron chi connectivity index (χ1n) is 13.3. The molecule has 40 heavy (non-hydrogen) atoms. The number of aliphatic imine (C=N–C) groups is 1. The van der Waals surface area contributed by atoms with E-state index in [1.54, 1.807) is 12.3 Å². The topological polar surface area (TPSA) is 130 Å². The van der Waals surface area contributed by atoms with Gasteiger partial charge in [-0.15, -0.1) is 0 Å². The third-order valence-electron chi connectivity index (χ3n) is 7.64. The maximum absolute atomic E-state index is 12.3. The number of carbonyl (C=O) groups excluding carboxylic acids is 1. The summed E-state index contributed by atoms with van der Waals surface area (Å²) in [6.07, 6.45) is 3.28. The van der Waals surface area contributed by atoms with Crippen LogP contribution in [0.2, 0.25) is 0 Å². The first-order valence-corrected chi connectivity index (χ1v) is 14.1. The van der Waals surface area contributed by atoms with Crippen molar-refractivity contribution in [2.75, 3.05) is 37.1 Å². The molecule has 0 saturated carbocycles. The van der Waals surface area contributed by atoms with E-state index in [1.165, 1.54) is 0 Å². The SMILES string of the molecule is CC1(C)NC(=O)c2ccc(Nc3ncc(C4=NC5(CCOCC5)CO4)c(N[C@H](CO)c4ccc(Br)cc4)n3)cc21. The van der Waals surface area contributed by atoms with Crippen LogP contribution in [0.1, 0.15) is 59.8 Å². The second kappa shape index (κ2) is 10.5. The normalized spacial score (nSPS) is 19.4. The van der Waals surface area contributed by atoms with Gasteiger partial charge in [0.15, 0.2) is 0 Å². The summed E-state index contributed by atoms with van der Waals surface area (Å²) in [6.45, 7) is 5.58. The third-order valence-corrected chi connectivity index (χ3v) is 8.17. The minimum absolute atomic E-state index is 0.0822. The van der Waals surface area contributed by atoms with Crippen LogP contribution in [-0.2, 0) is 15.0 Å². The van der Waals surface area contributed by atoms with Crippen LogP contribution in [0.3, 0.4) is 0 Å². The molecule has 208 valence electrons. The van der Waals surface area contributed by atoms with Gasteiger partial charge in [-0.3, -0.25) is 4.79 Å². The van der Waals surface area contributed by atoms with Gasteiger partial charge in [-0.05, 0) is 68.1 Å². The predicted octanol–water partition coefficient (Wildman–Crippen LogP) is 4.43. The van der Waals surface area contributed by atoms with Gasteiger partial charge in [0, 0.05) is 35.1 Å². The van der Waals surface area contributed by atoms with E-state index in [9.17, 15) is 9.90 Å². The number of halogens is 1. The van der Waals surface area contributed by atoms with E-state index in [-0.39, 0.29) is 18.1 Å². The zero-order chi connectivity index (χ0) is 27.9. The number of hydrogen-bond donors (Lipinski definition) is 4. The summed E-state index contributed by atoms with van der Waals surface area (Å²) >= 11 is 3.47. The molecule has 4 heterocycles. The molecule has 1 aromatic heterocycles. The Bertz CT molecular complexity index is 1470. The lowest BCUT2D eigenvalue weighted by atomic mass is 9.92. The summed E-state index contributed by atoms with van der Waals surface area (Å²) in [4.78, 5) is 26.7. The number of nitrogens with one attached hydrogen (secondary N) is 3. The molecule has 1 fully saturated rings. The van der Waals surface area contributed by atoms with E-state index in [1.807, 2.05) is 50.2 Å². The van der Waals surface area contributed by atoms with Crippen molar-refractivity contribution in [3.05, 3.63) is 75.4 Å². The lowest BCUT2D eigenvalue weighted by Gasteiger charge is -2.28. The van der Waals surface area contributed by atoms with Crippen LogP contribution in [0.4, 0.5) is 17.5 Å². The Kier molecular flexibility index (Phi) is 6.97. The minimum atomic E-state index is -0.474. The van der Waals surface area contributed by atoms with Crippen molar-refractivity contribution >= 4 is 45.2 Å². The average molecular weight is 608 g/mol. The smallest absolute Gasteiger partial charge is 0.252 e. The van der Waals surface area contributed by atoms with Crippen molar-refractivity contribution in [1.82, 2.24) is 15.3 Å². The van der Waals surface area contributed by atoms with Gasteiger partial charge in [-0.25, -0.2) is 9.98 Å². The highest BCUT2D eigenvalue weighted by Gasteiger charge is 2.39. The van der Waals surface area contributed by atoms with Gasteiger partial charge in [0.05, 0.1) is 23.8 Å². The molecule has 0 aliphatic carbocycles. The monoisotopic (exact) mass is 606 g/mol. The zero-order valence-electron chi connectivity index (χ0n) is 22.3. The number of amides is 1. The van der Waals surface area contributed by atoms with Gasteiger partial charge in [0.25, 0.3) is 5.91 Å². The largest absolute Gasteiger partial charge is 0.475 e. The number of ether oxygens (including phenoxy) is 2. The number of hydrogen-bond acceptors (Lipinski definition) is 9. The summed E-state index contributed by atoms with van der Waals surface area (Å²) in [7, 11) is 0. The Balaban J connectivity index is 1.34. The van der Waals surface area contributed by atoms with E-state index < -0.39 is 11.6 Å². The zero-order valence-corrected chi connectivity index (χ0v) is 23.9. The lowest BCUT2D eigenvalue weighted by Crippen LogP contribution is -2.35. The fourth-order valence-electron chi connectivity index (χ4n) is 5.32. The van der Waals surface area contributed by atoms with E-state index in [0.29, 0.717) is 48.6 Å². The maximum Gasteiger partial charge on any atom is 0.252 e. The van der Waals surface area contributed by atoms with Crippen molar-refractivity contribution < 1.29 is 19.4 Å². The summed E-state index contributed by atoms with van der Waals surface area (Å²) in [5.74, 6) is 1.24. The number of anilines is 3. The fraction of sp³-hybridized carbons (Fsp3) is 0.379. The summed E-state index contributed by atoms with van der Waals surface area (Å²) in [6, 6.07) is 12.9. The van der Waals surface area contributed by atoms with E-state index in [4.69, 9.17) is 19.5 Å². The van der Waals surface area contributed by atoms with Crippen LogP contribution in [0.15, 0.2) is 58.1 Å². The molecule has 3 aliphatic heterocycles. The van der Waals surface area contributed by atoms with Crippen molar-refractivity contribution in [3.8, 4) is 0 Å². The number of aromatic nitrogens is 2. The van der Waals surface area contributed by atoms with Gasteiger partial charge in [-0.1, -0.05) is 28.1 Å². The first kappa shape index (κ1) is 26.7. The Morgan fingerprint density at radius 1 is 1.12 bits per heavy atom. The predicted molar refractivity (Wildman–Crippen MR) is 155 cm³/mol. The molecule has 1 spiro atoms. The molecule has 1 saturated heterocycles. The Morgan fingerprint density at radius 3 is 2.65 bits per heavy atom. The first-order chi connectivity index (χ1) is 19.2. The molecule has 3 aliphatic rings. The van der Waals surface area contributed by atoms with Crippen LogP contribution in [0.5, 0.6) is 0 Å². The lowest BCUT2D eigenvalue weighted by molar-refractivity contribution is 0.0442. The number of nitrogens with zero attached hydrogens (tertiary/aromatic N) is 3. The maximum atomic E-state index is 12.3. The molecular formula is C29H31BrN6O4. The van der Waals surface area contributed by atoms with Crippen LogP contribution < -0.4 is 16.0 Å². The highest BCUT2D eigenvalue weighted by molar-refractivity contribution is 9.10. The average Bonchev–Trinajstić information content (AvgIpc) is 3.45. The number of carbonyl (C=O) groups is 1. The summed E-state index contributed by atoms with van der Waals surface area (Å²) < 4.78 is 12.6. The van der Waals surface area contributed by atoms with Crippen LogP contribution in [0, 0.1) is 0 Å². The van der Waals surface area contributed by atoms with E-state index >= 15 is 0 Å². The van der Waals surface area contributed by atoms with Crippen molar-refractivity contribution in [3.63, 3.8) is 0 Å². The Hall–Kier alpha value is -3.54. The molecule has 0 bridgehead atoms. The number of rotatable bonds is 7. The van der Waals surface area contributed by atoms with Gasteiger partial charge >= 0.3 is 0 Å². The molecule has 1 atom stereocenters. The van der Waals surface area contributed by atoms with Crippen molar-refractivity contribution in [1.29, 1.82) is 0 Å². The number of fused-ring (bicyclic) bond motifs is 1. The molecule has 10 nitrogen and oxygen atoms in total. The van der Waals surface area contributed by atoms with Gasteiger partial charge in [-0.2, -0.15) is 4.98 Å². The Morgan fingerprint density at radius 2 is 1.90 bits per heavy atom. The third kappa shape index (κ3) is 5.16. The highest BCUT2D eigenvalue weighted by atomic mass is 79.9. The van der Waals surface area contributed by atoms with Gasteiger partial charge in [0.1, 0.15) is 18.0 Å². The highest BCUT2D eigenvalue weighted by Crippen LogP contribution is 2.35. The van der Waals surface area contributed by atoms with E-state index in [2.05, 4.69) is 36.9 Å². The summed E-state index contributed by atoms with van der Waals surface area (Å²) in [5, 5.41) is 20.0. The second-order valence-electron chi connectivity index (χ2n) is 10.9. The number of aliphatic hydroxyl groups excluding tert-OH is 1. The van der Waals surface area contributed by atoms with Crippen LogP contribution >= 0.6 is 15.9 Å². The number of benzene rings is 2. The fourth-order valence-corrected chi connectivity index (χ4v) is 5.58. The van der Waals surface area contributed by atoms with Crippen molar-refractivity contribution in [2.24, 2.45) is 4.99 Å². The molecule has 0 unspecified atom stereocenters. The molecule has 3 aromatic rings. The molecule has 11 heteroatoms. The van der Waals surface area contributed by atoms with Crippen LogP contribution in [-0.4, -0.2) is 58.8 Å². The molecule has 2 aromatic carbocycles. The van der Waals surface area contributed by atoms with Gasteiger partial charge < -0.3 is 30.5 Å². The second-order valence-corrected chi connectivity index (χ2v) is 11.8. The van der Waals surface area contributed by atoms with Gasteiger partial charge in [0.2, 0.25) is 11.8 Å². The molecule has 6 rings (SSSR count). The molecule has 0 radical (unpaired) electrons. The quantitative estimate of drug-likeness (QED) is 0.311. The molecule has 1 amide bonds. The van der Waals surface area contributed by atoms with Crippen molar-refractivity contribution in [2.45, 2.75) is 43.8 Å². The number of aliphatic hydroxyl groups is 1. The van der Waals surface area contributed by atoms with E-state index in [0.717, 1.165) is 34.1 Å². The molecule has 4 N–H and O–H groups in total. The molecular weight excluding hydrogens is 576 g/mol. The van der Waals surface area contributed by atoms with Crippen LogP contribution in [0.25, 0.3) is 0 Å². The Labute approximate surface area is 240 Å². The minimum Gasteiger partial charge on any atom is -0.475 e.